The zero-order valence-corrected chi connectivity index (χ0v) is 34.7. The maximum absolute atomic E-state index is 12.9. The van der Waals surface area contributed by atoms with Gasteiger partial charge < -0.3 is 14.4 Å². The van der Waals surface area contributed by atoms with E-state index >= 15 is 0 Å². The smallest absolute Gasteiger partial charge is 0.319 e. The molecule has 0 saturated carbocycles. The minimum absolute atomic E-state index is 0.0946. The second-order valence-corrected chi connectivity index (χ2v) is 15.6. The van der Waals surface area contributed by atoms with Gasteiger partial charge in [0.2, 0.25) is 0 Å². The largest absolute Gasteiger partial charge is 0.466 e. The molecule has 0 heterocycles. The van der Waals surface area contributed by atoms with E-state index in [4.69, 9.17) is 9.47 Å². The molecule has 1 atom stereocenters. The van der Waals surface area contributed by atoms with Gasteiger partial charge in [0.15, 0.2) is 0 Å². The first-order chi connectivity index (χ1) is 25.0. The Balaban J connectivity index is 4.03. The average Bonchev–Trinajstić information content (AvgIpc) is 3.12. The molecule has 0 aromatic rings. The molecule has 0 aliphatic carbocycles. The van der Waals surface area contributed by atoms with Crippen LogP contribution in [0.15, 0.2) is 48.6 Å². The summed E-state index contributed by atoms with van der Waals surface area (Å²) in [5.41, 5.74) is 0. The Labute approximate surface area is 320 Å². The summed E-state index contributed by atoms with van der Waals surface area (Å²) in [6.45, 7) is 6.32. The molecule has 51 heavy (non-hydrogen) atoms. The van der Waals surface area contributed by atoms with Crippen LogP contribution in [0, 0.1) is 0 Å². The molecule has 0 fully saturated rings. The number of rotatable bonds is 38. The van der Waals surface area contributed by atoms with Crippen LogP contribution < -0.4 is 0 Å². The SMILES string of the molecule is CCCCC/C=C\C/C=C\CCCCCCCCOC(=O)CC(SCCCN(C)C)C(=O)OCCCCCCCC/C=C\C/C=C\CCCCC. The number of carbonyl (C=O) groups is 2. The lowest BCUT2D eigenvalue weighted by molar-refractivity contribution is -0.149. The summed E-state index contributed by atoms with van der Waals surface area (Å²) in [4.78, 5) is 27.7. The lowest BCUT2D eigenvalue weighted by atomic mass is 10.1. The van der Waals surface area contributed by atoms with Crippen molar-refractivity contribution in [2.45, 2.75) is 186 Å². The third-order valence-electron chi connectivity index (χ3n) is 8.88. The van der Waals surface area contributed by atoms with Gasteiger partial charge in [-0.05, 0) is 110 Å². The van der Waals surface area contributed by atoms with Crippen molar-refractivity contribution in [2.24, 2.45) is 0 Å². The molecule has 1 unspecified atom stereocenters. The van der Waals surface area contributed by atoms with Crippen LogP contribution in [0.4, 0.5) is 0 Å². The Hall–Kier alpha value is -1.79. The summed E-state index contributed by atoms with van der Waals surface area (Å²) in [5, 5.41) is -0.486. The maximum Gasteiger partial charge on any atom is 0.319 e. The van der Waals surface area contributed by atoms with Crippen LogP contribution in [0.2, 0.25) is 0 Å². The molecule has 296 valence electrons. The first kappa shape index (κ1) is 49.2. The first-order valence-corrected chi connectivity index (χ1v) is 22.2. The van der Waals surface area contributed by atoms with Gasteiger partial charge in [0, 0.05) is 0 Å². The normalized spacial score (nSPS) is 12.7. The maximum atomic E-state index is 12.9. The predicted octanol–water partition coefficient (Wildman–Crippen LogP) is 13.1. The Kier molecular flexibility index (Phi) is 39.5. The van der Waals surface area contributed by atoms with Crippen molar-refractivity contribution < 1.29 is 19.1 Å². The van der Waals surface area contributed by atoms with E-state index in [0.29, 0.717) is 13.2 Å². The van der Waals surface area contributed by atoms with Gasteiger partial charge in [0.05, 0.1) is 19.6 Å². The summed E-state index contributed by atoms with van der Waals surface area (Å²) >= 11 is 1.54. The minimum Gasteiger partial charge on any atom is -0.466 e. The highest BCUT2D eigenvalue weighted by atomic mass is 32.2. The van der Waals surface area contributed by atoms with E-state index in [1.54, 1.807) is 0 Å². The van der Waals surface area contributed by atoms with Crippen LogP contribution in [0.1, 0.15) is 181 Å². The number of esters is 2. The zero-order valence-electron chi connectivity index (χ0n) is 33.9. The molecule has 0 amide bonds. The van der Waals surface area contributed by atoms with Crippen molar-refractivity contribution in [3.05, 3.63) is 48.6 Å². The monoisotopic (exact) mass is 732 g/mol. The highest BCUT2D eigenvalue weighted by Crippen LogP contribution is 2.19. The van der Waals surface area contributed by atoms with Gasteiger partial charge >= 0.3 is 11.9 Å². The molecular weight excluding hydrogens is 651 g/mol. The van der Waals surface area contributed by atoms with Gasteiger partial charge in [-0.25, -0.2) is 0 Å². The molecular formula is C45H81NO4S. The fourth-order valence-electron chi connectivity index (χ4n) is 5.66. The Morgan fingerprint density at radius 2 is 0.941 bits per heavy atom. The molecule has 0 saturated heterocycles. The third-order valence-corrected chi connectivity index (χ3v) is 10.2. The molecule has 0 rings (SSSR count). The molecule has 0 aromatic heterocycles. The van der Waals surface area contributed by atoms with E-state index in [9.17, 15) is 9.59 Å². The number of hydrogen-bond donors (Lipinski definition) is 0. The summed E-state index contributed by atoms with van der Waals surface area (Å²) in [6, 6.07) is 0. The Bertz CT molecular complexity index is 881. The van der Waals surface area contributed by atoms with E-state index in [1.165, 1.54) is 114 Å². The molecule has 0 N–H and O–H groups in total. The number of thioether (sulfide) groups is 1. The zero-order chi connectivity index (χ0) is 37.3. The molecule has 0 radical (unpaired) electrons. The highest BCUT2D eigenvalue weighted by molar-refractivity contribution is 8.00. The number of nitrogens with zero attached hydrogens (tertiary/aromatic N) is 1. The van der Waals surface area contributed by atoms with Gasteiger partial charge in [-0.15, -0.1) is 11.8 Å². The van der Waals surface area contributed by atoms with Gasteiger partial charge in [-0.2, -0.15) is 0 Å². The van der Waals surface area contributed by atoms with Crippen molar-refractivity contribution in [1.29, 1.82) is 0 Å². The van der Waals surface area contributed by atoms with Crippen molar-refractivity contribution in [3.8, 4) is 0 Å². The Morgan fingerprint density at radius 1 is 0.529 bits per heavy atom. The van der Waals surface area contributed by atoms with E-state index in [0.717, 1.165) is 70.1 Å². The standard InChI is InChI=1S/C45H81NO4S/c1-5-7-9-11-13-15-17-19-21-23-25-27-29-31-33-35-39-49-44(47)42-43(51-41-37-38-46(3)4)45(48)50-40-36-34-32-30-28-26-24-22-20-18-16-14-12-10-8-6-2/h13-16,19-22,43H,5-12,17-18,23-42H2,1-4H3/b15-13-,16-14-,21-19-,22-20-. The third kappa shape index (κ3) is 39.3. The van der Waals surface area contributed by atoms with Crippen LogP contribution in [0.25, 0.3) is 0 Å². The first-order valence-electron chi connectivity index (χ1n) is 21.2. The molecule has 0 aliphatic rings. The molecule has 0 aliphatic heterocycles. The van der Waals surface area contributed by atoms with Crippen molar-refractivity contribution in [2.75, 3.05) is 39.6 Å². The predicted molar refractivity (Wildman–Crippen MR) is 225 cm³/mol. The quantitative estimate of drug-likeness (QED) is 0.0358. The minimum atomic E-state index is -0.486. The number of carbonyl (C=O) groups excluding carboxylic acids is 2. The fraction of sp³-hybridized carbons (Fsp3) is 0.778. The van der Waals surface area contributed by atoms with Crippen LogP contribution >= 0.6 is 11.8 Å². The van der Waals surface area contributed by atoms with Crippen LogP contribution in [-0.2, 0) is 19.1 Å². The summed E-state index contributed by atoms with van der Waals surface area (Å²) in [7, 11) is 4.10. The molecule has 0 bridgehead atoms. The summed E-state index contributed by atoms with van der Waals surface area (Å²) in [5.74, 6) is 0.272. The van der Waals surface area contributed by atoms with Crippen molar-refractivity contribution in [3.63, 3.8) is 0 Å². The number of unbranched alkanes of at least 4 members (excludes halogenated alkanes) is 18. The summed E-state index contributed by atoms with van der Waals surface area (Å²) < 4.78 is 11.2. The van der Waals surface area contributed by atoms with Gasteiger partial charge in [0.25, 0.3) is 0 Å². The average molecular weight is 732 g/mol. The number of allylic oxidation sites excluding steroid dienone is 8. The van der Waals surface area contributed by atoms with Crippen LogP contribution in [0.5, 0.6) is 0 Å². The lowest BCUT2D eigenvalue weighted by Crippen LogP contribution is -2.26. The van der Waals surface area contributed by atoms with Gasteiger partial charge in [0.1, 0.15) is 5.25 Å². The van der Waals surface area contributed by atoms with E-state index in [2.05, 4.69) is 81.5 Å². The van der Waals surface area contributed by atoms with Crippen molar-refractivity contribution in [1.82, 2.24) is 4.90 Å². The Morgan fingerprint density at radius 3 is 1.39 bits per heavy atom. The summed E-state index contributed by atoms with van der Waals surface area (Å²) in [6.07, 6.45) is 47.9. The topological polar surface area (TPSA) is 55.8 Å². The van der Waals surface area contributed by atoms with E-state index < -0.39 is 5.25 Å². The van der Waals surface area contributed by atoms with Crippen LogP contribution in [-0.4, -0.2) is 61.7 Å². The lowest BCUT2D eigenvalue weighted by Gasteiger charge is -2.16. The molecule has 5 nitrogen and oxygen atoms in total. The second-order valence-electron chi connectivity index (χ2n) is 14.3. The highest BCUT2D eigenvalue weighted by Gasteiger charge is 2.24. The molecule has 0 aromatic carbocycles. The fourth-order valence-corrected chi connectivity index (χ4v) is 6.70. The molecule has 0 spiro atoms. The van der Waals surface area contributed by atoms with Crippen LogP contribution in [0.3, 0.4) is 0 Å². The van der Waals surface area contributed by atoms with Gasteiger partial charge in [-0.3, -0.25) is 9.59 Å². The second kappa shape index (κ2) is 41.0. The van der Waals surface area contributed by atoms with E-state index in [-0.39, 0.29) is 18.4 Å². The van der Waals surface area contributed by atoms with E-state index in [1.807, 2.05) is 0 Å². The molecule has 6 heteroatoms. The number of hydrogen-bond acceptors (Lipinski definition) is 6. The van der Waals surface area contributed by atoms with Gasteiger partial charge in [-0.1, -0.05) is 140 Å². The van der Waals surface area contributed by atoms with Crippen molar-refractivity contribution >= 4 is 23.7 Å². The number of ether oxygens (including phenoxy) is 2.